The number of hydrogen-bond acceptors (Lipinski definition) is 7. The van der Waals surface area contributed by atoms with Crippen LogP contribution in [0.15, 0.2) is 24.3 Å². The van der Waals surface area contributed by atoms with E-state index in [0.29, 0.717) is 38.0 Å². The molecule has 0 aliphatic rings. The quantitative estimate of drug-likeness (QED) is 0.742. The van der Waals surface area contributed by atoms with Gasteiger partial charge < -0.3 is 14.8 Å². The second-order valence-electron chi connectivity index (χ2n) is 5.47. The first-order valence-electron chi connectivity index (χ1n) is 7.71. The van der Waals surface area contributed by atoms with Crippen LogP contribution in [0.3, 0.4) is 0 Å². The van der Waals surface area contributed by atoms with Gasteiger partial charge in [-0.05, 0) is 30.7 Å². The SMILES string of the molecule is COCc1nc(OC)c2c(C)c(C(=O)Nc3cccc(C#N)c3)sc2n1. The largest absolute Gasteiger partial charge is 0.480 e. The molecule has 1 amide bonds. The van der Waals surface area contributed by atoms with Crippen molar-refractivity contribution in [3.8, 4) is 11.9 Å². The number of amides is 1. The van der Waals surface area contributed by atoms with Crippen LogP contribution in [0.5, 0.6) is 5.88 Å². The summed E-state index contributed by atoms with van der Waals surface area (Å²) in [7, 11) is 3.09. The Hall–Kier alpha value is -3.02. The highest BCUT2D eigenvalue weighted by Crippen LogP contribution is 2.35. The first kappa shape index (κ1) is 17.8. The van der Waals surface area contributed by atoms with Gasteiger partial charge in [0, 0.05) is 12.8 Å². The number of nitriles is 1. The third-order valence-corrected chi connectivity index (χ3v) is 4.91. The summed E-state index contributed by atoms with van der Waals surface area (Å²) in [5.74, 6) is 0.643. The summed E-state index contributed by atoms with van der Waals surface area (Å²) in [4.78, 5) is 22.7. The maximum absolute atomic E-state index is 12.7. The number of fused-ring (bicyclic) bond motifs is 1. The molecule has 7 nitrogen and oxygen atoms in total. The van der Waals surface area contributed by atoms with Crippen LogP contribution in [0.25, 0.3) is 10.2 Å². The predicted molar refractivity (Wildman–Crippen MR) is 98.5 cm³/mol. The van der Waals surface area contributed by atoms with Crippen molar-refractivity contribution < 1.29 is 14.3 Å². The highest BCUT2D eigenvalue weighted by atomic mass is 32.1. The van der Waals surface area contributed by atoms with Crippen molar-refractivity contribution in [3.63, 3.8) is 0 Å². The minimum atomic E-state index is -0.268. The van der Waals surface area contributed by atoms with E-state index >= 15 is 0 Å². The zero-order chi connectivity index (χ0) is 18.7. The molecule has 0 saturated heterocycles. The molecule has 0 atom stereocenters. The molecule has 0 unspecified atom stereocenters. The van der Waals surface area contributed by atoms with Crippen molar-refractivity contribution in [1.82, 2.24) is 9.97 Å². The van der Waals surface area contributed by atoms with Crippen LogP contribution in [-0.4, -0.2) is 30.1 Å². The van der Waals surface area contributed by atoms with E-state index in [-0.39, 0.29) is 12.5 Å². The summed E-state index contributed by atoms with van der Waals surface area (Å²) < 4.78 is 10.4. The number of thiophene rings is 1. The predicted octanol–water partition coefficient (Wildman–Crippen LogP) is 3.28. The third-order valence-electron chi connectivity index (χ3n) is 3.73. The van der Waals surface area contributed by atoms with Gasteiger partial charge in [0.2, 0.25) is 5.88 Å². The Morgan fingerprint density at radius 2 is 2.15 bits per heavy atom. The second-order valence-corrected chi connectivity index (χ2v) is 6.46. The van der Waals surface area contributed by atoms with Gasteiger partial charge in [0.05, 0.1) is 29.0 Å². The molecule has 26 heavy (non-hydrogen) atoms. The van der Waals surface area contributed by atoms with Crippen LogP contribution in [0, 0.1) is 18.3 Å². The Kier molecular flexibility index (Phi) is 5.11. The minimum Gasteiger partial charge on any atom is -0.480 e. The number of anilines is 1. The van der Waals surface area contributed by atoms with E-state index in [0.717, 1.165) is 5.56 Å². The molecule has 2 aromatic heterocycles. The Balaban J connectivity index is 2.00. The number of carbonyl (C=O) groups is 1. The van der Waals surface area contributed by atoms with E-state index in [2.05, 4.69) is 21.4 Å². The van der Waals surface area contributed by atoms with Gasteiger partial charge >= 0.3 is 0 Å². The molecular weight excluding hydrogens is 352 g/mol. The Labute approximate surface area is 154 Å². The number of hydrogen-bond donors (Lipinski definition) is 1. The molecule has 3 aromatic rings. The van der Waals surface area contributed by atoms with Crippen molar-refractivity contribution in [2.24, 2.45) is 0 Å². The van der Waals surface area contributed by atoms with E-state index < -0.39 is 0 Å². The smallest absolute Gasteiger partial charge is 0.266 e. The number of methoxy groups -OCH3 is 2. The maximum Gasteiger partial charge on any atom is 0.266 e. The summed E-state index contributed by atoms with van der Waals surface area (Å²) in [6, 6.07) is 8.81. The fourth-order valence-corrected chi connectivity index (χ4v) is 3.64. The Morgan fingerprint density at radius 1 is 1.35 bits per heavy atom. The lowest BCUT2D eigenvalue weighted by molar-refractivity contribution is 0.103. The van der Waals surface area contributed by atoms with Gasteiger partial charge in [-0.2, -0.15) is 10.2 Å². The zero-order valence-electron chi connectivity index (χ0n) is 14.5. The molecule has 0 radical (unpaired) electrons. The number of rotatable bonds is 5. The first-order chi connectivity index (χ1) is 12.6. The molecule has 0 saturated carbocycles. The normalized spacial score (nSPS) is 10.5. The monoisotopic (exact) mass is 368 g/mol. The summed E-state index contributed by atoms with van der Waals surface area (Å²) in [5, 5.41) is 12.5. The molecular formula is C18H16N4O3S. The van der Waals surface area contributed by atoms with E-state index in [1.807, 2.05) is 6.92 Å². The molecule has 132 valence electrons. The first-order valence-corrected chi connectivity index (χ1v) is 8.53. The summed E-state index contributed by atoms with van der Waals surface area (Å²) in [6.45, 7) is 2.09. The van der Waals surface area contributed by atoms with Crippen LogP contribution in [0.1, 0.15) is 26.6 Å². The molecule has 0 aliphatic heterocycles. The Morgan fingerprint density at radius 3 is 2.85 bits per heavy atom. The van der Waals surface area contributed by atoms with Crippen LogP contribution in [-0.2, 0) is 11.3 Å². The van der Waals surface area contributed by atoms with E-state index in [1.54, 1.807) is 31.4 Å². The maximum atomic E-state index is 12.7. The average Bonchev–Trinajstić information content (AvgIpc) is 2.98. The van der Waals surface area contributed by atoms with Gasteiger partial charge in [0.25, 0.3) is 5.91 Å². The van der Waals surface area contributed by atoms with Gasteiger partial charge in [-0.25, -0.2) is 4.98 Å². The van der Waals surface area contributed by atoms with E-state index in [1.165, 1.54) is 18.4 Å². The minimum absolute atomic E-state index is 0.256. The van der Waals surface area contributed by atoms with Crippen LogP contribution >= 0.6 is 11.3 Å². The van der Waals surface area contributed by atoms with Gasteiger partial charge in [0.1, 0.15) is 11.4 Å². The van der Waals surface area contributed by atoms with Crippen molar-refractivity contribution >= 4 is 33.1 Å². The lowest BCUT2D eigenvalue weighted by atomic mass is 10.2. The number of carbonyl (C=O) groups excluding carboxylic acids is 1. The second kappa shape index (κ2) is 7.47. The van der Waals surface area contributed by atoms with Gasteiger partial charge in [-0.15, -0.1) is 11.3 Å². The highest BCUT2D eigenvalue weighted by molar-refractivity contribution is 7.20. The number of nitrogens with one attached hydrogen (secondary N) is 1. The molecule has 0 bridgehead atoms. The van der Waals surface area contributed by atoms with Gasteiger partial charge in [-0.1, -0.05) is 6.07 Å². The molecule has 1 aromatic carbocycles. The molecule has 8 heteroatoms. The fraction of sp³-hybridized carbons (Fsp3) is 0.222. The van der Waals surface area contributed by atoms with Gasteiger partial charge in [0.15, 0.2) is 5.82 Å². The number of nitrogens with zero attached hydrogens (tertiary/aromatic N) is 3. The zero-order valence-corrected chi connectivity index (χ0v) is 15.3. The third kappa shape index (κ3) is 3.35. The number of aromatic nitrogens is 2. The topological polar surface area (TPSA) is 97.1 Å². The van der Waals surface area contributed by atoms with Crippen LogP contribution in [0.4, 0.5) is 5.69 Å². The van der Waals surface area contributed by atoms with Crippen LogP contribution in [0.2, 0.25) is 0 Å². The van der Waals surface area contributed by atoms with Crippen molar-refractivity contribution in [2.75, 3.05) is 19.5 Å². The number of ether oxygens (including phenoxy) is 2. The number of benzene rings is 1. The molecule has 1 N–H and O–H groups in total. The van der Waals surface area contributed by atoms with Crippen LogP contribution < -0.4 is 10.1 Å². The van der Waals surface area contributed by atoms with E-state index in [9.17, 15) is 4.79 Å². The fourth-order valence-electron chi connectivity index (χ4n) is 2.56. The molecule has 0 fully saturated rings. The molecule has 3 rings (SSSR count). The standard InChI is InChI=1S/C18H16N4O3S/c1-10-14-17(25-3)21-13(9-24-2)22-18(14)26-15(10)16(23)20-12-6-4-5-11(7-12)8-19/h4-7H,9H2,1-3H3,(H,20,23). The van der Waals surface area contributed by atoms with Crippen molar-refractivity contribution in [1.29, 1.82) is 5.26 Å². The molecule has 0 spiro atoms. The lowest BCUT2D eigenvalue weighted by Crippen LogP contribution is -2.11. The van der Waals surface area contributed by atoms with Crippen molar-refractivity contribution in [2.45, 2.75) is 13.5 Å². The average molecular weight is 368 g/mol. The lowest BCUT2D eigenvalue weighted by Gasteiger charge is -2.05. The number of aryl methyl sites for hydroxylation is 1. The summed E-state index contributed by atoms with van der Waals surface area (Å²) in [6.07, 6.45) is 0. The van der Waals surface area contributed by atoms with Gasteiger partial charge in [-0.3, -0.25) is 4.79 Å². The highest BCUT2D eigenvalue weighted by Gasteiger charge is 2.21. The molecule has 2 heterocycles. The Bertz CT molecular complexity index is 1020. The summed E-state index contributed by atoms with van der Waals surface area (Å²) >= 11 is 1.27. The van der Waals surface area contributed by atoms with E-state index in [4.69, 9.17) is 14.7 Å². The summed E-state index contributed by atoms with van der Waals surface area (Å²) in [5.41, 5.74) is 1.79. The van der Waals surface area contributed by atoms with Crippen molar-refractivity contribution in [3.05, 3.63) is 46.1 Å². The molecule has 0 aliphatic carbocycles.